The van der Waals surface area contributed by atoms with E-state index in [1.165, 1.54) is 11.3 Å². The van der Waals surface area contributed by atoms with Gasteiger partial charge in [-0.05, 0) is 38.5 Å². The van der Waals surface area contributed by atoms with Gasteiger partial charge < -0.3 is 15.2 Å². The summed E-state index contributed by atoms with van der Waals surface area (Å²) in [7, 11) is 0. The fraction of sp³-hybridized carbons (Fsp3) is 0.375. The number of benzene rings is 1. The third kappa shape index (κ3) is 4.54. The van der Waals surface area contributed by atoms with Gasteiger partial charge in [-0.25, -0.2) is 4.98 Å². The molecule has 22 heavy (non-hydrogen) atoms. The molecule has 0 aliphatic rings. The van der Waals surface area contributed by atoms with Gasteiger partial charge in [0.15, 0.2) is 0 Å². The normalized spacial score (nSPS) is 12.2. The van der Waals surface area contributed by atoms with Crippen LogP contribution < -0.4 is 10.1 Å². The van der Waals surface area contributed by atoms with Crippen LogP contribution in [0, 0.1) is 6.92 Å². The van der Waals surface area contributed by atoms with Crippen LogP contribution in [0.3, 0.4) is 0 Å². The van der Waals surface area contributed by atoms with Gasteiger partial charge in [-0.3, -0.25) is 4.79 Å². The molecule has 0 spiro atoms. The van der Waals surface area contributed by atoms with Gasteiger partial charge in [0.25, 0.3) is 5.91 Å². The van der Waals surface area contributed by atoms with Gasteiger partial charge in [0.05, 0.1) is 17.2 Å². The Morgan fingerprint density at radius 3 is 2.86 bits per heavy atom. The van der Waals surface area contributed by atoms with E-state index in [1.807, 2.05) is 32.9 Å². The first-order chi connectivity index (χ1) is 10.5. The van der Waals surface area contributed by atoms with Crippen molar-refractivity contribution in [2.45, 2.75) is 33.0 Å². The van der Waals surface area contributed by atoms with Crippen LogP contribution in [0.2, 0.25) is 0 Å². The number of aryl methyl sites for hydroxylation is 1. The fourth-order valence-corrected chi connectivity index (χ4v) is 2.53. The lowest BCUT2D eigenvalue weighted by atomic mass is 10.1. The number of ether oxygens (including phenoxy) is 1. The summed E-state index contributed by atoms with van der Waals surface area (Å²) in [6, 6.07) is 7.25. The minimum absolute atomic E-state index is 0.0694. The van der Waals surface area contributed by atoms with Crippen molar-refractivity contribution in [1.82, 2.24) is 10.3 Å². The molecule has 2 N–H and O–H groups in total. The number of thiazole rings is 1. The summed E-state index contributed by atoms with van der Waals surface area (Å²) < 4.78 is 5.60. The summed E-state index contributed by atoms with van der Waals surface area (Å²) in [6.07, 6.45) is -0.723. The number of carbonyl (C=O) groups excluding carboxylic acids is 1. The number of aromatic nitrogens is 1. The zero-order valence-electron chi connectivity index (χ0n) is 12.9. The lowest BCUT2D eigenvalue weighted by molar-refractivity contribution is 0.0912. The lowest BCUT2D eigenvalue weighted by Crippen LogP contribution is -2.28. The molecule has 0 saturated carbocycles. The number of carbonyl (C=O) groups is 1. The molecule has 1 atom stereocenters. The fourth-order valence-electron chi connectivity index (χ4n) is 1.93. The monoisotopic (exact) mass is 320 g/mol. The molecule has 1 amide bonds. The maximum absolute atomic E-state index is 11.9. The van der Waals surface area contributed by atoms with Crippen LogP contribution in [-0.4, -0.2) is 28.6 Å². The second-order valence-corrected chi connectivity index (χ2v) is 6.28. The van der Waals surface area contributed by atoms with Crippen LogP contribution in [0.15, 0.2) is 29.6 Å². The van der Waals surface area contributed by atoms with E-state index in [2.05, 4.69) is 10.3 Å². The highest BCUT2D eigenvalue weighted by Gasteiger charge is 2.13. The average molecular weight is 320 g/mol. The SMILES string of the molecule is Cc1nc(C(=O)NCC(O)c2cccc(OC(C)C)c2)cs1. The van der Waals surface area contributed by atoms with E-state index < -0.39 is 6.10 Å². The Kier molecular flexibility index (Phi) is 5.51. The minimum atomic E-state index is -0.792. The van der Waals surface area contributed by atoms with E-state index in [1.54, 1.807) is 17.5 Å². The van der Waals surface area contributed by atoms with E-state index in [0.29, 0.717) is 17.0 Å². The molecule has 1 heterocycles. The zero-order chi connectivity index (χ0) is 16.1. The van der Waals surface area contributed by atoms with E-state index in [0.717, 1.165) is 5.01 Å². The van der Waals surface area contributed by atoms with E-state index in [9.17, 15) is 9.90 Å². The third-order valence-corrected chi connectivity index (χ3v) is 3.70. The Hall–Kier alpha value is -1.92. The molecule has 0 fully saturated rings. The molecule has 2 rings (SSSR count). The first-order valence-corrected chi connectivity index (χ1v) is 7.98. The van der Waals surface area contributed by atoms with Crippen molar-refractivity contribution < 1.29 is 14.6 Å². The van der Waals surface area contributed by atoms with Gasteiger partial charge in [-0.2, -0.15) is 0 Å². The summed E-state index contributed by atoms with van der Waals surface area (Å²) in [5.74, 6) is 0.422. The molecule has 0 radical (unpaired) electrons. The van der Waals surface area contributed by atoms with Crippen molar-refractivity contribution in [3.8, 4) is 5.75 Å². The van der Waals surface area contributed by atoms with Crippen molar-refractivity contribution in [2.75, 3.05) is 6.54 Å². The number of rotatable bonds is 6. The summed E-state index contributed by atoms with van der Waals surface area (Å²) in [5.41, 5.74) is 1.08. The minimum Gasteiger partial charge on any atom is -0.491 e. The molecule has 1 aromatic carbocycles. The Bertz CT molecular complexity index is 640. The highest BCUT2D eigenvalue weighted by molar-refractivity contribution is 7.09. The number of nitrogens with zero attached hydrogens (tertiary/aromatic N) is 1. The Morgan fingerprint density at radius 2 is 2.23 bits per heavy atom. The number of amides is 1. The molecule has 0 bridgehead atoms. The number of hydrogen-bond donors (Lipinski definition) is 2. The van der Waals surface area contributed by atoms with Gasteiger partial charge in [0.2, 0.25) is 0 Å². The van der Waals surface area contributed by atoms with E-state index in [4.69, 9.17) is 4.74 Å². The molecule has 6 heteroatoms. The molecule has 2 aromatic rings. The smallest absolute Gasteiger partial charge is 0.270 e. The van der Waals surface area contributed by atoms with Crippen LogP contribution in [0.1, 0.15) is 41.0 Å². The van der Waals surface area contributed by atoms with E-state index >= 15 is 0 Å². The Labute approximate surface area is 134 Å². The topological polar surface area (TPSA) is 71.5 Å². The average Bonchev–Trinajstić information content (AvgIpc) is 2.90. The van der Waals surface area contributed by atoms with Crippen molar-refractivity contribution >= 4 is 17.2 Å². The zero-order valence-corrected chi connectivity index (χ0v) is 13.7. The van der Waals surface area contributed by atoms with Gasteiger partial charge in [-0.15, -0.1) is 11.3 Å². The van der Waals surface area contributed by atoms with Crippen molar-refractivity contribution in [3.05, 3.63) is 45.9 Å². The first-order valence-electron chi connectivity index (χ1n) is 7.10. The van der Waals surface area contributed by atoms with Crippen LogP contribution in [0.25, 0.3) is 0 Å². The van der Waals surface area contributed by atoms with Crippen molar-refractivity contribution in [1.29, 1.82) is 0 Å². The van der Waals surface area contributed by atoms with Crippen LogP contribution in [0.4, 0.5) is 0 Å². The quantitative estimate of drug-likeness (QED) is 0.858. The largest absolute Gasteiger partial charge is 0.491 e. The molecular formula is C16H20N2O3S. The predicted molar refractivity (Wildman–Crippen MR) is 86.4 cm³/mol. The molecular weight excluding hydrogens is 300 g/mol. The highest BCUT2D eigenvalue weighted by atomic mass is 32.1. The molecule has 1 aromatic heterocycles. The Balaban J connectivity index is 1.94. The van der Waals surface area contributed by atoms with Crippen LogP contribution in [0.5, 0.6) is 5.75 Å². The lowest BCUT2D eigenvalue weighted by Gasteiger charge is -2.14. The maximum atomic E-state index is 11.9. The van der Waals surface area contributed by atoms with Crippen LogP contribution >= 0.6 is 11.3 Å². The van der Waals surface area contributed by atoms with Crippen molar-refractivity contribution in [3.63, 3.8) is 0 Å². The predicted octanol–water partition coefficient (Wildman–Crippen LogP) is 2.70. The molecule has 0 aliphatic heterocycles. The van der Waals surface area contributed by atoms with Gasteiger partial charge >= 0.3 is 0 Å². The Morgan fingerprint density at radius 1 is 1.45 bits per heavy atom. The number of aliphatic hydroxyl groups excluding tert-OH is 1. The molecule has 5 nitrogen and oxygen atoms in total. The maximum Gasteiger partial charge on any atom is 0.270 e. The first kappa shape index (κ1) is 16.5. The highest BCUT2D eigenvalue weighted by Crippen LogP contribution is 2.20. The molecule has 118 valence electrons. The third-order valence-electron chi connectivity index (χ3n) is 2.92. The van der Waals surface area contributed by atoms with Gasteiger partial charge in [0, 0.05) is 11.9 Å². The summed E-state index contributed by atoms with van der Waals surface area (Å²) in [5, 5.41) is 15.4. The van der Waals surface area contributed by atoms with Crippen molar-refractivity contribution in [2.24, 2.45) is 0 Å². The van der Waals surface area contributed by atoms with E-state index in [-0.39, 0.29) is 18.6 Å². The number of hydrogen-bond acceptors (Lipinski definition) is 5. The number of aliphatic hydroxyl groups is 1. The summed E-state index contributed by atoms with van der Waals surface area (Å²) in [4.78, 5) is 16.0. The summed E-state index contributed by atoms with van der Waals surface area (Å²) in [6.45, 7) is 5.86. The molecule has 0 aliphatic carbocycles. The molecule has 1 unspecified atom stereocenters. The van der Waals surface area contributed by atoms with Gasteiger partial charge in [0.1, 0.15) is 11.4 Å². The summed E-state index contributed by atoms with van der Waals surface area (Å²) >= 11 is 1.42. The standard InChI is InChI=1S/C16H20N2O3S/c1-10(2)21-13-6-4-5-12(7-13)15(19)8-17-16(20)14-9-22-11(3)18-14/h4-7,9-10,15,19H,8H2,1-3H3,(H,17,20). The molecule has 0 saturated heterocycles. The second kappa shape index (κ2) is 7.38. The van der Waals surface area contributed by atoms with Gasteiger partial charge in [-0.1, -0.05) is 12.1 Å². The number of nitrogens with one attached hydrogen (secondary N) is 1. The second-order valence-electron chi connectivity index (χ2n) is 5.22. The van der Waals surface area contributed by atoms with Crippen LogP contribution in [-0.2, 0) is 0 Å².